The maximum atomic E-state index is 6.47. The predicted octanol–water partition coefficient (Wildman–Crippen LogP) is 6.56. The largest absolute Gasteiger partial charge is 0.480 e. The van der Waals surface area contributed by atoms with Gasteiger partial charge in [-0.05, 0) is 60.6 Å². The molecule has 29 heavy (non-hydrogen) atoms. The smallest absolute Gasteiger partial charge is 0.228 e. The van der Waals surface area contributed by atoms with Crippen molar-refractivity contribution >= 4 is 59.5 Å². The van der Waals surface area contributed by atoms with Crippen LogP contribution < -0.4 is 9.46 Å². The standard InChI is InChI=1S/C21H18Cl2N4OS/c1-24-11-14-8-13(4-7-19(14)25-2)17-10-16(5-6-18(17)23)27-29-20-9-15(22)12-26-21(20)28-3/h4-12,27H,2H2,1,3H3. The minimum Gasteiger partial charge on any atom is -0.480 e. The molecule has 0 bridgehead atoms. The first-order chi connectivity index (χ1) is 14.0. The number of pyridine rings is 1. The molecule has 0 aliphatic carbocycles. The zero-order valence-corrected chi connectivity index (χ0v) is 18.1. The summed E-state index contributed by atoms with van der Waals surface area (Å²) in [5.41, 5.74) is 4.34. The molecule has 0 amide bonds. The van der Waals surface area contributed by atoms with E-state index in [4.69, 9.17) is 27.9 Å². The lowest BCUT2D eigenvalue weighted by Crippen LogP contribution is -1.94. The van der Waals surface area contributed by atoms with Crippen LogP contribution in [0.15, 0.2) is 63.5 Å². The quantitative estimate of drug-likeness (QED) is 0.330. The number of hydrogen-bond donors (Lipinski definition) is 1. The SMILES string of the molecule is C=Nc1ccc(-c2cc(NSc3cc(Cl)cnc3OC)ccc2Cl)cc1C=NC. The van der Waals surface area contributed by atoms with Gasteiger partial charge in [0.05, 0.1) is 22.7 Å². The normalized spacial score (nSPS) is 10.9. The molecule has 8 heteroatoms. The van der Waals surface area contributed by atoms with Gasteiger partial charge in [-0.1, -0.05) is 29.3 Å². The van der Waals surface area contributed by atoms with Crippen molar-refractivity contribution in [2.75, 3.05) is 18.9 Å². The summed E-state index contributed by atoms with van der Waals surface area (Å²) < 4.78 is 8.57. The minimum atomic E-state index is 0.497. The fraction of sp³-hybridized carbons (Fsp3) is 0.0952. The van der Waals surface area contributed by atoms with Gasteiger partial charge in [-0.25, -0.2) is 4.98 Å². The highest BCUT2D eigenvalue weighted by Gasteiger charge is 2.10. The summed E-state index contributed by atoms with van der Waals surface area (Å²) in [5, 5.41) is 1.18. The Morgan fingerprint density at radius 1 is 1.17 bits per heavy atom. The van der Waals surface area contributed by atoms with Crippen molar-refractivity contribution in [3.8, 4) is 17.0 Å². The van der Waals surface area contributed by atoms with Gasteiger partial charge in [-0.3, -0.25) is 9.98 Å². The summed E-state index contributed by atoms with van der Waals surface area (Å²) in [6.07, 6.45) is 3.29. The van der Waals surface area contributed by atoms with Crippen molar-refractivity contribution in [3.05, 3.63) is 64.3 Å². The molecule has 3 aromatic rings. The van der Waals surface area contributed by atoms with E-state index in [0.717, 1.165) is 33.0 Å². The molecule has 0 fully saturated rings. The molecule has 1 heterocycles. The fourth-order valence-electron chi connectivity index (χ4n) is 2.67. The minimum absolute atomic E-state index is 0.497. The molecule has 0 aliphatic rings. The van der Waals surface area contributed by atoms with Crippen LogP contribution in [0.5, 0.6) is 5.88 Å². The second-order valence-corrected chi connectivity index (χ2v) is 7.57. The Balaban J connectivity index is 1.90. The second kappa shape index (κ2) is 9.78. The van der Waals surface area contributed by atoms with Crippen molar-refractivity contribution in [3.63, 3.8) is 0 Å². The number of ether oxygens (including phenoxy) is 1. The van der Waals surface area contributed by atoms with Crippen molar-refractivity contribution in [1.29, 1.82) is 0 Å². The Hall–Kier alpha value is -2.54. The lowest BCUT2D eigenvalue weighted by molar-refractivity contribution is 0.387. The molecule has 1 aromatic heterocycles. The van der Waals surface area contributed by atoms with Crippen LogP contribution >= 0.6 is 35.1 Å². The lowest BCUT2D eigenvalue weighted by Gasteiger charge is -2.12. The average molecular weight is 445 g/mol. The van der Waals surface area contributed by atoms with Gasteiger partial charge in [0, 0.05) is 41.3 Å². The molecular formula is C21H18Cl2N4OS. The van der Waals surface area contributed by atoms with E-state index in [1.165, 1.54) is 11.9 Å². The molecule has 2 aromatic carbocycles. The van der Waals surface area contributed by atoms with Gasteiger partial charge in [-0.15, -0.1) is 0 Å². The van der Waals surface area contributed by atoms with Gasteiger partial charge in [0.2, 0.25) is 5.88 Å². The monoisotopic (exact) mass is 444 g/mol. The third-order valence-electron chi connectivity index (χ3n) is 4.00. The Morgan fingerprint density at radius 2 is 2.00 bits per heavy atom. The number of rotatable bonds is 7. The van der Waals surface area contributed by atoms with E-state index in [1.807, 2.05) is 36.4 Å². The van der Waals surface area contributed by atoms with Crippen LogP contribution in [0.1, 0.15) is 5.56 Å². The van der Waals surface area contributed by atoms with Crippen LogP contribution in [0.25, 0.3) is 11.1 Å². The number of aromatic nitrogens is 1. The second-order valence-electron chi connectivity index (χ2n) is 5.88. The molecule has 148 valence electrons. The lowest BCUT2D eigenvalue weighted by atomic mass is 10.0. The van der Waals surface area contributed by atoms with Gasteiger partial charge in [0.15, 0.2) is 0 Å². The number of nitrogens with one attached hydrogen (secondary N) is 1. The Kier molecular flexibility index (Phi) is 7.14. The molecule has 0 radical (unpaired) electrons. The van der Waals surface area contributed by atoms with E-state index in [-0.39, 0.29) is 0 Å². The number of methoxy groups -OCH3 is 1. The average Bonchev–Trinajstić information content (AvgIpc) is 2.73. The first kappa shape index (κ1) is 21.2. The predicted molar refractivity (Wildman–Crippen MR) is 125 cm³/mol. The number of anilines is 1. The Morgan fingerprint density at radius 3 is 2.72 bits per heavy atom. The van der Waals surface area contributed by atoms with Crippen LogP contribution in [0.2, 0.25) is 10.0 Å². The first-order valence-electron chi connectivity index (χ1n) is 8.51. The zero-order chi connectivity index (χ0) is 20.8. The molecular weight excluding hydrogens is 427 g/mol. The van der Waals surface area contributed by atoms with Gasteiger partial charge in [0.1, 0.15) is 0 Å². The van der Waals surface area contributed by atoms with Crippen molar-refractivity contribution in [2.24, 2.45) is 9.98 Å². The van der Waals surface area contributed by atoms with E-state index < -0.39 is 0 Å². The summed E-state index contributed by atoms with van der Waals surface area (Å²) in [6, 6.07) is 13.4. The maximum Gasteiger partial charge on any atom is 0.228 e. The molecule has 1 N–H and O–H groups in total. The van der Waals surface area contributed by atoms with Gasteiger partial charge in [0.25, 0.3) is 0 Å². The number of halogens is 2. The van der Waals surface area contributed by atoms with Gasteiger partial charge >= 0.3 is 0 Å². The Bertz CT molecular complexity index is 1070. The van der Waals surface area contributed by atoms with E-state index in [2.05, 4.69) is 26.4 Å². The summed E-state index contributed by atoms with van der Waals surface area (Å²) in [6.45, 7) is 3.61. The summed E-state index contributed by atoms with van der Waals surface area (Å²) in [4.78, 5) is 13.1. The number of aliphatic imine (C=N–C) groups is 2. The van der Waals surface area contributed by atoms with Crippen LogP contribution in [0.4, 0.5) is 11.4 Å². The van der Waals surface area contributed by atoms with E-state index in [0.29, 0.717) is 15.9 Å². The maximum absolute atomic E-state index is 6.47. The van der Waals surface area contributed by atoms with Gasteiger partial charge in [-0.2, -0.15) is 0 Å². The van der Waals surface area contributed by atoms with Gasteiger partial charge < -0.3 is 9.46 Å². The highest BCUT2D eigenvalue weighted by atomic mass is 35.5. The zero-order valence-electron chi connectivity index (χ0n) is 15.8. The molecule has 0 atom stereocenters. The number of benzene rings is 2. The molecule has 5 nitrogen and oxygen atoms in total. The topological polar surface area (TPSA) is 58.9 Å². The Labute approximate surface area is 184 Å². The van der Waals surface area contributed by atoms with E-state index in [1.54, 1.807) is 32.6 Å². The number of hydrogen-bond acceptors (Lipinski definition) is 6. The van der Waals surface area contributed by atoms with Crippen LogP contribution in [0.3, 0.4) is 0 Å². The molecule has 3 rings (SSSR count). The van der Waals surface area contributed by atoms with Crippen molar-refractivity contribution in [1.82, 2.24) is 4.98 Å². The van der Waals surface area contributed by atoms with Crippen molar-refractivity contribution < 1.29 is 4.74 Å². The van der Waals surface area contributed by atoms with E-state index >= 15 is 0 Å². The third-order valence-corrected chi connectivity index (χ3v) is 5.39. The van der Waals surface area contributed by atoms with Crippen LogP contribution in [0, 0.1) is 0 Å². The fourth-order valence-corrected chi connectivity index (χ4v) is 3.88. The molecule has 0 spiro atoms. The third kappa shape index (κ3) is 5.09. The highest BCUT2D eigenvalue weighted by Crippen LogP contribution is 2.35. The van der Waals surface area contributed by atoms with Crippen LogP contribution in [-0.4, -0.2) is 32.1 Å². The molecule has 0 saturated heterocycles. The first-order valence-corrected chi connectivity index (χ1v) is 10.1. The molecule has 0 aliphatic heterocycles. The summed E-state index contributed by atoms with van der Waals surface area (Å²) in [7, 11) is 3.28. The summed E-state index contributed by atoms with van der Waals surface area (Å²) >= 11 is 13.9. The van der Waals surface area contributed by atoms with Crippen molar-refractivity contribution in [2.45, 2.75) is 4.90 Å². The van der Waals surface area contributed by atoms with Crippen LogP contribution in [-0.2, 0) is 0 Å². The van der Waals surface area contributed by atoms with E-state index in [9.17, 15) is 0 Å². The summed E-state index contributed by atoms with van der Waals surface area (Å²) in [5.74, 6) is 0.497. The number of nitrogens with zero attached hydrogens (tertiary/aromatic N) is 3. The molecule has 0 unspecified atom stereocenters. The highest BCUT2D eigenvalue weighted by molar-refractivity contribution is 8.00. The molecule has 0 saturated carbocycles.